The molecule has 3 aromatic rings. The molecule has 0 aliphatic heterocycles. The number of aromatic amines is 1. The van der Waals surface area contributed by atoms with Gasteiger partial charge in [0.05, 0.1) is 26.8 Å². The molecule has 0 radical (unpaired) electrons. The number of carbonyl (C=O) groups excluding carboxylic acids is 1. The topological polar surface area (TPSA) is 70.1 Å². The molecule has 0 unspecified atom stereocenters. The van der Waals surface area contributed by atoms with Gasteiger partial charge in [-0.25, -0.2) is 5.43 Å². The van der Waals surface area contributed by atoms with Crippen LogP contribution in [0.25, 0.3) is 10.6 Å². The molecular weight excluding hydrogens is 355 g/mol. The maximum atomic E-state index is 12.0. The minimum atomic E-state index is -0.402. The van der Waals surface area contributed by atoms with Crippen LogP contribution in [-0.4, -0.2) is 22.3 Å². The largest absolute Gasteiger partial charge is 0.291 e. The van der Waals surface area contributed by atoms with Crippen LogP contribution >= 0.6 is 34.5 Å². The molecule has 0 aliphatic rings. The van der Waals surface area contributed by atoms with Gasteiger partial charge in [0.25, 0.3) is 5.91 Å². The van der Waals surface area contributed by atoms with E-state index in [4.69, 9.17) is 23.2 Å². The van der Waals surface area contributed by atoms with Crippen molar-refractivity contribution < 1.29 is 4.79 Å². The fourth-order valence-corrected chi connectivity index (χ4v) is 2.81. The van der Waals surface area contributed by atoms with E-state index < -0.39 is 5.91 Å². The highest BCUT2D eigenvalue weighted by Gasteiger charge is 2.11. The van der Waals surface area contributed by atoms with Gasteiger partial charge in [-0.1, -0.05) is 35.3 Å². The molecule has 2 heterocycles. The van der Waals surface area contributed by atoms with Crippen LogP contribution in [-0.2, 0) is 0 Å². The van der Waals surface area contributed by atoms with Crippen molar-refractivity contribution in [2.45, 2.75) is 0 Å². The first-order valence-electron chi connectivity index (χ1n) is 6.51. The second-order valence-corrected chi connectivity index (χ2v) is 6.28. The van der Waals surface area contributed by atoms with Crippen LogP contribution in [0.15, 0.2) is 46.9 Å². The number of nitrogens with one attached hydrogen (secondary N) is 2. The molecule has 1 aromatic carbocycles. The van der Waals surface area contributed by atoms with Crippen molar-refractivity contribution in [1.82, 2.24) is 15.6 Å². The van der Waals surface area contributed by atoms with Gasteiger partial charge in [0.2, 0.25) is 0 Å². The second kappa shape index (κ2) is 6.95. The first kappa shape index (κ1) is 15.7. The summed E-state index contributed by atoms with van der Waals surface area (Å²) in [6.45, 7) is 0. The van der Waals surface area contributed by atoms with Crippen LogP contribution in [0, 0.1) is 0 Å². The number of benzene rings is 1. The van der Waals surface area contributed by atoms with E-state index in [-0.39, 0.29) is 5.69 Å². The highest BCUT2D eigenvalue weighted by molar-refractivity contribution is 7.13. The van der Waals surface area contributed by atoms with Gasteiger partial charge in [-0.2, -0.15) is 10.2 Å². The van der Waals surface area contributed by atoms with E-state index in [2.05, 4.69) is 20.7 Å². The number of hydrazone groups is 1. The van der Waals surface area contributed by atoms with Crippen molar-refractivity contribution in [1.29, 1.82) is 0 Å². The predicted molar refractivity (Wildman–Crippen MR) is 93.4 cm³/mol. The minimum absolute atomic E-state index is 0.264. The summed E-state index contributed by atoms with van der Waals surface area (Å²) in [5.41, 5.74) is 4.19. The van der Waals surface area contributed by atoms with Crippen molar-refractivity contribution >= 4 is 46.7 Å². The van der Waals surface area contributed by atoms with Crippen LogP contribution in [0.5, 0.6) is 0 Å². The molecule has 23 heavy (non-hydrogen) atoms. The minimum Gasteiger partial charge on any atom is -0.276 e. The smallest absolute Gasteiger partial charge is 0.276 e. The summed E-state index contributed by atoms with van der Waals surface area (Å²) < 4.78 is 0. The first-order valence-corrected chi connectivity index (χ1v) is 8.15. The molecular formula is C15H10Cl2N4OS. The van der Waals surface area contributed by atoms with Crippen LogP contribution in [0.4, 0.5) is 0 Å². The molecule has 0 fully saturated rings. The molecule has 3 rings (SSSR count). The molecule has 0 saturated carbocycles. The lowest BCUT2D eigenvalue weighted by atomic mass is 10.2. The Morgan fingerprint density at radius 2 is 2.13 bits per heavy atom. The van der Waals surface area contributed by atoms with Gasteiger partial charge in [0.1, 0.15) is 0 Å². The first-order chi connectivity index (χ1) is 11.1. The maximum Gasteiger partial charge on any atom is 0.291 e. The highest BCUT2D eigenvalue weighted by atomic mass is 35.5. The number of nitrogens with zero attached hydrogens (tertiary/aromatic N) is 2. The number of hydrogen-bond acceptors (Lipinski definition) is 4. The van der Waals surface area contributed by atoms with E-state index in [0.717, 1.165) is 16.1 Å². The van der Waals surface area contributed by atoms with Gasteiger partial charge in [-0.3, -0.25) is 9.89 Å². The molecule has 8 heteroatoms. The van der Waals surface area contributed by atoms with E-state index in [1.54, 1.807) is 35.6 Å². The van der Waals surface area contributed by atoms with Gasteiger partial charge >= 0.3 is 0 Å². The molecule has 2 N–H and O–H groups in total. The lowest BCUT2D eigenvalue weighted by Crippen LogP contribution is -2.17. The Bertz CT molecular complexity index is 858. The van der Waals surface area contributed by atoms with Crippen LogP contribution in [0.1, 0.15) is 16.1 Å². The van der Waals surface area contributed by atoms with E-state index in [9.17, 15) is 4.79 Å². The van der Waals surface area contributed by atoms with Gasteiger partial charge in [0.15, 0.2) is 5.69 Å². The third kappa shape index (κ3) is 3.79. The van der Waals surface area contributed by atoms with Crippen LogP contribution < -0.4 is 5.43 Å². The molecule has 5 nitrogen and oxygen atoms in total. The fraction of sp³-hybridized carbons (Fsp3) is 0. The summed E-state index contributed by atoms with van der Waals surface area (Å²) in [4.78, 5) is 13.0. The molecule has 0 saturated heterocycles. The zero-order valence-corrected chi connectivity index (χ0v) is 13.9. The molecule has 1 amide bonds. The third-order valence-electron chi connectivity index (χ3n) is 2.92. The van der Waals surface area contributed by atoms with Crippen molar-refractivity contribution in [3.05, 3.63) is 63.1 Å². The second-order valence-electron chi connectivity index (χ2n) is 4.52. The zero-order valence-electron chi connectivity index (χ0n) is 11.6. The number of hydrogen-bond donors (Lipinski definition) is 2. The highest BCUT2D eigenvalue weighted by Crippen LogP contribution is 2.23. The Morgan fingerprint density at radius 3 is 2.87 bits per heavy atom. The Labute approximate surface area is 145 Å². The summed E-state index contributed by atoms with van der Waals surface area (Å²) in [5.74, 6) is -0.402. The average molecular weight is 365 g/mol. The van der Waals surface area contributed by atoms with Gasteiger partial charge in [-0.15, -0.1) is 11.3 Å². The van der Waals surface area contributed by atoms with E-state index in [1.165, 1.54) is 6.21 Å². The predicted octanol–water partition coefficient (Wildman–Crippen LogP) is 4.21. The molecule has 116 valence electrons. The average Bonchev–Trinajstić information content (AvgIpc) is 3.20. The summed E-state index contributed by atoms with van der Waals surface area (Å²) in [6.07, 6.45) is 1.48. The van der Waals surface area contributed by atoms with Crippen molar-refractivity contribution in [2.75, 3.05) is 0 Å². The number of rotatable bonds is 4. The van der Waals surface area contributed by atoms with Crippen molar-refractivity contribution in [3.63, 3.8) is 0 Å². The standard InChI is InChI=1S/C15H10Cl2N4OS/c16-10-4-3-9(6-11(10)17)8-18-21-15(22)13-7-12(19-20-13)14-2-1-5-23-14/h1-8H,(H,19,20)(H,21,22). The molecule has 0 spiro atoms. The summed E-state index contributed by atoms with van der Waals surface area (Å²) in [6, 6.07) is 10.6. The number of aromatic nitrogens is 2. The summed E-state index contributed by atoms with van der Waals surface area (Å²) in [7, 11) is 0. The third-order valence-corrected chi connectivity index (χ3v) is 4.56. The Balaban J connectivity index is 1.65. The lowest BCUT2D eigenvalue weighted by Gasteiger charge is -1.98. The SMILES string of the molecule is O=C(NN=Cc1ccc(Cl)c(Cl)c1)c1cc(-c2cccs2)[nH]n1. The Hall–Kier alpha value is -2.15. The normalized spacial score (nSPS) is 11.0. The van der Waals surface area contributed by atoms with Gasteiger partial charge in [0, 0.05) is 0 Å². The fourth-order valence-electron chi connectivity index (χ4n) is 1.81. The molecule has 2 aromatic heterocycles. The molecule has 0 aliphatic carbocycles. The molecule has 0 bridgehead atoms. The summed E-state index contributed by atoms with van der Waals surface area (Å²) in [5, 5.41) is 13.5. The zero-order chi connectivity index (χ0) is 16.2. The van der Waals surface area contributed by atoms with Gasteiger partial charge in [-0.05, 0) is 35.2 Å². The monoisotopic (exact) mass is 364 g/mol. The lowest BCUT2D eigenvalue weighted by molar-refractivity contribution is 0.0950. The van der Waals surface area contributed by atoms with E-state index in [1.807, 2.05) is 17.5 Å². The number of amides is 1. The van der Waals surface area contributed by atoms with Crippen LogP contribution in [0.2, 0.25) is 10.0 Å². The quantitative estimate of drug-likeness (QED) is 0.537. The number of H-pyrrole nitrogens is 1. The van der Waals surface area contributed by atoms with E-state index >= 15 is 0 Å². The van der Waals surface area contributed by atoms with Crippen LogP contribution in [0.3, 0.4) is 0 Å². The van der Waals surface area contributed by atoms with Crippen molar-refractivity contribution in [3.8, 4) is 10.6 Å². The Morgan fingerprint density at radius 1 is 1.26 bits per heavy atom. The van der Waals surface area contributed by atoms with Gasteiger partial charge < -0.3 is 0 Å². The number of thiophene rings is 1. The summed E-state index contributed by atoms with van der Waals surface area (Å²) >= 11 is 13.3. The van der Waals surface area contributed by atoms with E-state index in [0.29, 0.717) is 10.0 Å². The number of carbonyl (C=O) groups is 1. The van der Waals surface area contributed by atoms with Crippen molar-refractivity contribution in [2.24, 2.45) is 5.10 Å². The maximum absolute atomic E-state index is 12.0. The number of halogens is 2. The Kier molecular flexibility index (Phi) is 4.76. The molecule has 0 atom stereocenters.